The van der Waals surface area contributed by atoms with Crippen LogP contribution in [0.5, 0.6) is 0 Å². The summed E-state index contributed by atoms with van der Waals surface area (Å²) in [7, 11) is 0. The van der Waals surface area contributed by atoms with Crippen LogP contribution in [0.4, 0.5) is 4.39 Å². The lowest BCUT2D eigenvalue weighted by Crippen LogP contribution is -2.12. The fraction of sp³-hybridized carbons (Fsp3) is 0.545. The summed E-state index contributed by atoms with van der Waals surface area (Å²) in [5.41, 5.74) is 0.177. The number of hydrogen-bond donors (Lipinski definition) is 1. The molecule has 1 aromatic heterocycles. The van der Waals surface area contributed by atoms with Gasteiger partial charge in [-0.05, 0) is 46.8 Å². The molecule has 0 saturated heterocycles. The van der Waals surface area contributed by atoms with E-state index in [9.17, 15) is 9.50 Å². The molecule has 0 aromatic carbocycles. The maximum absolute atomic E-state index is 13.4. The van der Waals surface area contributed by atoms with Crippen LogP contribution in [-0.2, 0) is 0 Å². The zero-order chi connectivity index (χ0) is 10.8. The third-order valence-electron chi connectivity index (χ3n) is 2.97. The normalized spacial score (nSPS) is 19.4. The lowest BCUT2D eigenvalue weighted by Gasteiger charge is -2.17. The molecule has 1 heterocycles. The first-order valence-corrected chi connectivity index (χ1v) is 5.98. The molecule has 0 amide bonds. The molecule has 1 atom stereocenters. The van der Waals surface area contributed by atoms with Crippen LogP contribution in [0, 0.1) is 11.7 Å². The summed E-state index contributed by atoms with van der Waals surface area (Å²) >= 11 is 3.18. The third kappa shape index (κ3) is 2.37. The van der Waals surface area contributed by atoms with Crippen LogP contribution in [0.1, 0.15) is 37.5 Å². The third-order valence-corrected chi connectivity index (χ3v) is 3.41. The summed E-state index contributed by atoms with van der Waals surface area (Å²) in [6, 6.07) is 2.88. The minimum Gasteiger partial charge on any atom is -0.386 e. The Hall–Kier alpha value is -0.480. The van der Waals surface area contributed by atoms with Gasteiger partial charge in [0.2, 0.25) is 0 Å². The van der Waals surface area contributed by atoms with Gasteiger partial charge in [0.1, 0.15) is 22.2 Å². The van der Waals surface area contributed by atoms with Crippen LogP contribution >= 0.6 is 15.9 Å². The van der Waals surface area contributed by atoms with Crippen molar-refractivity contribution in [1.29, 1.82) is 0 Å². The van der Waals surface area contributed by atoms with Crippen LogP contribution in [-0.4, -0.2) is 10.1 Å². The first kappa shape index (κ1) is 11.0. The topological polar surface area (TPSA) is 33.1 Å². The zero-order valence-electron chi connectivity index (χ0n) is 8.29. The molecule has 2 nitrogen and oxygen atoms in total. The quantitative estimate of drug-likeness (QED) is 0.840. The average Bonchev–Trinajstić information content (AvgIpc) is 2.74. The number of aromatic nitrogens is 1. The van der Waals surface area contributed by atoms with Gasteiger partial charge in [-0.2, -0.15) is 0 Å². The highest BCUT2D eigenvalue weighted by Crippen LogP contribution is 2.35. The van der Waals surface area contributed by atoms with E-state index in [2.05, 4.69) is 20.9 Å². The fourth-order valence-corrected chi connectivity index (χ4v) is 2.46. The van der Waals surface area contributed by atoms with Gasteiger partial charge >= 0.3 is 0 Å². The Labute approximate surface area is 96.7 Å². The monoisotopic (exact) mass is 273 g/mol. The SMILES string of the molecule is OC(c1nc(Br)ccc1F)C1CCCC1. The Balaban J connectivity index is 2.23. The van der Waals surface area contributed by atoms with E-state index in [1.807, 2.05) is 0 Å². The van der Waals surface area contributed by atoms with Crippen LogP contribution in [0.25, 0.3) is 0 Å². The van der Waals surface area contributed by atoms with E-state index in [0.717, 1.165) is 25.7 Å². The van der Waals surface area contributed by atoms with E-state index >= 15 is 0 Å². The molecule has 82 valence electrons. The van der Waals surface area contributed by atoms with Crippen molar-refractivity contribution in [3.63, 3.8) is 0 Å². The van der Waals surface area contributed by atoms with E-state index in [-0.39, 0.29) is 11.6 Å². The van der Waals surface area contributed by atoms with Crippen molar-refractivity contribution in [2.75, 3.05) is 0 Å². The van der Waals surface area contributed by atoms with Gasteiger partial charge in [-0.25, -0.2) is 9.37 Å². The molecule has 4 heteroatoms. The molecule has 1 N–H and O–H groups in total. The first-order valence-electron chi connectivity index (χ1n) is 5.18. The highest BCUT2D eigenvalue weighted by atomic mass is 79.9. The van der Waals surface area contributed by atoms with Crippen molar-refractivity contribution in [3.05, 3.63) is 28.2 Å². The Kier molecular flexibility index (Phi) is 3.36. The van der Waals surface area contributed by atoms with Gasteiger partial charge < -0.3 is 5.11 Å². The minimum absolute atomic E-state index is 0.168. The van der Waals surface area contributed by atoms with Crippen LogP contribution in [0.3, 0.4) is 0 Å². The van der Waals surface area contributed by atoms with Gasteiger partial charge in [0.15, 0.2) is 0 Å². The zero-order valence-corrected chi connectivity index (χ0v) is 9.87. The molecule has 0 aliphatic heterocycles. The fourth-order valence-electron chi connectivity index (χ4n) is 2.14. The van der Waals surface area contributed by atoms with Crippen molar-refractivity contribution in [2.45, 2.75) is 31.8 Å². The largest absolute Gasteiger partial charge is 0.386 e. The summed E-state index contributed by atoms with van der Waals surface area (Å²) in [4.78, 5) is 4.01. The van der Waals surface area contributed by atoms with E-state index < -0.39 is 11.9 Å². The first-order chi connectivity index (χ1) is 7.18. The number of nitrogens with zero attached hydrogens (tertiary/aromatic N) is 1. The molecule has 2 rings (SSSR count). The lowest BCUT2D eigenvalue weighted by atomic mass is 9.97. The van der Waals surface area contributed by atoms with Crippen LogP contribution < -0.4 is 0 Å². The van der Waals surface area contributed by atoms with Gasteiger partial charge in [-0.3, -0.25) is 0 Å². The molecular weight excluding hydrogens is 261 g/mol. The molecule has 0 bridgehead atoms. The molecule has 15 heavy (non-hydrogen) atoms. The van der Waals surface area contributed by atoms with Gasteiger partial charge in [0.05, 0.1) is 0 Å². The van der Waals surface area contributed by atoms with Crippen LogP contribution in [0.15, 0.2) is 16.7 Å². The number of aliphatic hydroxyl groups excluding tert-OH is 1. The van der Waals surface area contributed by atoms with E-state index in [0.29, 0.717) is 4.60 Å². The minimum atomic E-state index is -0.759. The Morgan fingerprint density at radius 3 is 2.73 bits per heavy atom. The van der Waals surface area contributed by atoms with Crippen LogP contribution in [0.2, 0.25) is 0 Å². The van der Waals surface area contributed by atoms with Crippen molar-refractivity contribution in [1.82, 2.24) is 4.98 Å². The highest BCUT2D eigenvalue weighted by Gasteiger charge is 2.27. The number of halogens is 2. The molecule has 1 unspecified atom stereocenters. The van der Waals surface area contributed by atoms with Gasteiger partial charge in [0.25, 0.3) is 0 Å². The smallest absolute Gasteiger partial charge is 0.147 e. The van der Waals surface area contributed by atoms with Gasteiger partial charge in [-0.15, -0.1) is 0 Å². The highest BCUT2D eigenvalue weighted by molar-refractivity contribution is 9.10. The predicted molar refractivity (Wildman–Crippen MR) is 58.8 cm³/mol. The second-order valence-electron chi connectivity index (χ2n) is 3.99. The Morgan fingerprint density at radius 1 is 1.40 bits per heavy atom. The summed E-state index contributed by atoms with van der Waals surface area (Å²) in [5, 5.41) is 10.0. The molecule has 1 saturated carbocycles. The van der Waals surface area contributed by atoms with Crippen molar-refractivity contribution in [2.24, 2.45) is 5.92 Å². The van der Waals surface area contributed by atoms with Crippen molar-refractivity contribution >= 4 is 15.9 Å². The van der Waals surface area contributed by atoms with Crippen molar-refractivity contribution in [3.8, 4) is 0 Å². The van der Waals surface area contributed by atoms with E-state index in [4.69, 9.17) is 0 Å². The molecule has 1 aromatic rings. The van der Waals surface area contributed by atoms with Crippen molar-refractivity contribution < 1.29 is 9.50 Å². The lowest BCUT2D eigenvalue weighted by molar-refractivity contribution is 0.103. The van der Waals surface area contributed by atoms with Gasteiger partial charge in [0, 0.05) is 0 Å². The maximum atomic E-state index is 13.4. The summed E-state index contributed by atoms with van der Waals surface area (Å²) in [5.74, 6) is -0.251. The molecular formula is C11H13BrFNO. The summed E-state index contributed by atoms with van der Waals surface area (Å²) < 4.78 is 14.0. The predicted octanol–water partition coefficient (Wildman–Crippen LogP) is 3.21. The second-order valence-corrected chi connectivity index (χ2v) is 4.80. The number of aliphatic hydroxyl groups is 1. The Bertz CT molecular complexity index is 352. The number of rotatable bonds is 2. The standard InChI is InChI=1S/C11H13BrFNO/c12-9-6-5-8(13)10(14-9)11(15)7-3-1-2-4-7/h5-7,11,15H,1-4H2. The maximum Gasteiger partial charge on any atom is 0.147 e. The molecule has 0 spiro atoms. The van der Waals surface area contributed by atoms with E-state index in [1.165, 1.54) is 6.07 Å². The van der Waals surface area contributed by atoms with E-state index in [1.54, 1.807) is 6.07 Å². The number of hydrogen-bond acceptors (Lipinski definition) is 2. The molecule has 1 aliphatic carbocycles. The summed E-state index contributed by atoms with van der Waals surface area (Å²) in [6.45, 7) is 0. The molecule has 1 aliphatic rings. The van der Waals surface area contributed by atoms with Gasteiger partial charge in [-0.1, -0.05) is 12.8 Å². The molecule has 1 fully saturated rings. The summed E-state index contributed by atoms with van der Waals surface area (Å²) in [6.07, 6.45) is 3.42. The molecule has 0 radical (unpaired) electrons. The number of pyridine rings is 1. The average molecular weight is 274 g/mol. The second kappa shape index (κ2) is 4.58. The Morgan fingerprint density at radius 2 is 2.07 bits per heavy atom.